The lowest BCUT2D eigenvalue weighted by atomic mass is 9.93. The number of aliphatic hydroxyl groups is 2. The summed E-state index contributed by atoms with van der Waals surface area (Å²) in [6.45, 7) is 0.0329. The number of carboxylic acid groups (broad SMARTS) is 1. The monoisotopic (exact) mass is 377 g/mol. The summed E-state index contributed by atoms with van der Waals surface area (Å²) in [5.41, 5.74) is 2.21. The molecule has 1 aliphatic rings. The van der Waals surface area contributed by atoms with E-state index in [0.717, 1.165) is 5.56 Å². The number of hydrogen-bond donors (Lipinski definition) is 3. The first kappa shape index (κ1) is 18.4. The molecular weight excluding hydrogens is 361 g/mol. The van der Waals surface area contributed by atoms with E-state index in [1.807, 2.05) is 0 Å². The number of aliphatic hydroxyl groups excluding tert-OH is 2. The number of fused-ring (bicyclic) bond motifs is 1. The summed E-state index contributed by atoms with van der Waals surface area (Å²) < 4.78 is 13.5. The third-order valence-electron chi connectivity index (χ3n) is 4.28. The van der Waals surface area contributed by atoms with E-state index < -0.39 is 17.9 Å². The van der Waals surface area contributed by atoms with Crippen LogP contribution in [-0.2, 0) is 11.2 Å². The first-order valence-corrected chi connectivity index (χ1v) is 8.36. The van der Waals surface area contributed by atoms with Crippen molar-refractivity contribution in [1.82, 2.24) is 0 Å². The number of carboxylic acids is 1. The average Bonchev–Trinajstić information content (AvgIpc) is 2.60. The Balaban J connectivity index is 1.99. The van der Waals surface area contributed by atoms with Gasteiger partial charge in [-0.15, -0.1) is 0 Å². The molecule has 1 heterocycles. The second kappa shape index (κ2) is 7.45. The van der Waals surface area contributed by atoms with Crippen LogP contribution in [0.1, 0.15) is 22.8 Å². The molecule has 0 fully saturated rings. The number of benzene rings is 2. The lowest BCUT2D eigenvalue weighted by Gasteiger charge is -2.31. The first-order valence-electron chi connectivity index (χ1n) is 7.98. The Morgan fingerprint density at radius 3 is 2.69 bits per heavy atom. The molecule has 1 atom stereocenters. The van der Waals surface area contributed by atoms with Gasteiger partial charge >= 0.3 is 5.97 Å². The van der Waals surface area contributed by atoms with Crippen molar-refractivity contribution in [2.24, 2.45) is 0 Å². The summed E-state index contributed by atoms with van der Waals surface area (Å²) in [6.07, 6.45) is 0.373. The van der Waals surface area contributed by atoms with E-state index >= 15 is 0 Å². The molecule has 5 nitrogen and oxygen atoms in total. The number of hydrogen-bond acceptors (Lipinski definition) is 4. The maximum absolute atomic E-state index is 13.5. The summed E-state index contributed by atoms with van der Waals surface area (Å²) in [4.78, 5) is 13.0. The molecule has 0 radical (unpaired) electrons. The topological polar surface area (TPSA) is 81.0 Å². The van der Waals surface area contributed by atoms with E-state index in [2.05, 4.69) is 0 Å². The second-order valence-corrected chi connectivity index (χ2v) is 6.42. The average molecular weight is 378 g/mol. The Morgan fingerprint density at radius 2 is 2.00 bits per heavy atom. The maximum Gasteiger partial charge on any atom is 0.336 e. The Morgan fingerprint density at radius 1 is 1.23 bits per heavy atom. The van der Waals surface area contributed by atoms with Gasteiger partial charge in [-0.1, -0.05) is 23.7 Å². The number of anilines is 1. The van der Waals surface area contributed by atoms with E-state index in [1.165, 1.54) is 24.4 Å². The van der Waals surface area contributed by atoms with Crippen molar-refractivity contribution in [1.29, 1.82) is 0 Å². The van der Waals surface area contributed by atoms with Crippen molar-refractivity contribution >= 4 is 23.3 Å². The van der Waals surface area contributed by atoms with Gasteiger partial charge in [0.1, 0.15) is 11.9 Å². The number of carbonyl (C=O) groups is 1. The normalized spacial score (nSPS) is 16.2. The number of rotatable bonds is 5. The van der Waals surface area contributed by atoms with Crippen molar-refractivity contribution in [2.45, 2.75) is 12.5 Å². The van der Waals surface area contributed by atoms with E-state index in [1.54, 1.807) is 23.1 Å². The predicted octanol–water partition coefficient (Wildman–Crippen LogP) is 2.88. The van der Waals surface area contributed by atoms with Crippen molar-refractivity contribution in [3.05, 3.63) is 75.7 Å². The predicted molar refractivity (Wildman–Crippen MR) is 95.8 cm³/mol. The number of aliphatic carboxylic acids is 1. The fourth-order valence-electron chi connectivity index (χ4n) is 3.03. The SMILES string of the molecule is O=C(O)C1=CN(CCO)c2ccc(Cc3cc(F)ccc3Cl)cc2C1O. The van der Waals surface area contributed by atoms with E-state index in [9.17, 15) is 24.5 Å². The maximum atomic E-state index is 13.5. The van der Waals surface area contributed by atoms with Crippen LogP contribution in [0.4, 0.5) is 10.1 Å². The molecule has 2 aromatic rings. The lowest BCUT2D eigenvalue weighted by Crippen LogP contribution is -2.29. The van der Waals surface area contributed by atoms with E-state index in [0.29, 0.717) is 28.3 Å². The minimum absolute atomic E-state index is 0.167. The highest BCUT2D eigenvalue weighted by Gasteiger charge is 2.29. The molecule has 3 rings (SSSR count). The fraction of sp³-hybridized carbons (Fsp3) is 0.211. The molecule has 0 saturated heterocycles. The standard InChI is InChI=1S/C19H17ClFNO4/c20-16-3-2-13(21)9-12(16)7-11-1-4-17-14(8-11)18(24)15(19(25)26)10-22(17)5-6-23/h1-4,8-10,18,23-24H,5-7H2,(H,25,26). The molecule has 1 unspecified atom stereocenters. The Hall–Kier alpha value is -2.41. The Labute approximate surface area is 154 Å². The third-order valence-corrected chi connectivity index (χ3v) is 4.64. The highest BCUT2D eigenvalue weighted by atomic mass is 35.5. The van der Waals surface area contributed by atoms with Crippen LogP contribution in [0.2, 0.25) is 5.02 Å². The van der Waals surface area contributed by atoms with Gasteiger partial charge in [0.05, 0.1) is 12.2 Å². The summed E-state index contributed by atoms with van der Waals surface area (Å²) in [5.74, 6) is -1.63. The minimum atomic E-state index is -1.29. The van der Waals surface area contributed by atoms with Crippen LogP contribution in [-0.4, -0.2) is 34.4 Å². The van der Waals surface area contributed by atoms with Gasteiger partial charge in [0, 0.05) is 29.0 Å². The summed E-state index contributed by atoms with van der Waals surface area (Å²) >= 11 is 6.11. The Kier molecular flexibility index (Phi) is 5.27. The molecule has 0 aliphatic carbocycles. The lowest BCUT2D eigenvalue weighted by molar-refractivity contribution is -0.133. The van der Waals surface area contributed by atoms with Gasteiger partial charge in [0.2, 0.25) is 0 Å². The van der Waals surface area contributed by atoms with Gasteiger partial charge in [0.15, 0.2) is 0 Å². The van der Waals surface area contributed by atoms with Crippen LogP contribution < -0.4 is 4.90 Å². The van der Waals surface area contributed by atoms with Crippen LogP contribution in [0.25, 0.3) is 0 Å². The zero-order valence-electron chi connectivity index (χ0n) is 13.7. The van der Waals surface area contributed by atoms with E-state index in [-0.39, 0.29) is 18.7 Å². The highest BCUT2D eigenvalue weighted by molar-refractivity contribution is 6.31. The van der Waals surface area contributed by atoms with Gasteiger partial charge < -0.3 is 20.2 Å². The van der Waals surface area contributed by atoms with Crippen LogP contribution in [0.5, 0.6) is 0 Å². The second-order valence-electron chi connectivity index (χ2n) is 6.01. The van der Waals surface area contributed by atoms with Gasteiger partial charge in [-0.05, 0) is 41.8 Å². The summed E-state index contributed by atoms with van der Waals surface area (Å²) in [7, 11) is 0. The fourth-order valence-corrected chi connectivity index (χ4v) is 3.22. The molecular formula is C19H17ClFNO4. The van der Waals surface area contributed by atoms with Crippen LogP contribution in [0.15, 0.2) is 48.2 Å². The molecule has 7 heteroatoms. The van der Waals surface area contributed by atoms with Gasteiger partial charge in [0.25, 0.3) is 0 Å². The number of halogens is 2. The molecule has 136 valence electrons. The minimum Gasteiger partial charge on any atom is -0.478 e. The summed E-state index contributed by atoms with van der Waals surface area (Å²) in [5, 5.41) is 29.4. The molecule has 0 bridgehead atoms. The molecule has 0 amide bonds. The van der Waals surface area contributed by atoms with Crippen LogP contribution >= 0.6 is 11.6 Å². The van der Waals surface area contributed by atoms with E-state index in [4.69, 9.17) is 11.6 Å². The largest absolute Gasteiger partial charge is 0.478 e. The first-order chi connectivity index (χ1) is 12.4. The molecule has 1 aliphatic heterocycles. The van der Waals surface area contributed by atoms with Crippen LogP contribution in [0.3, 0.4) is 0 Å². The number of nitrogens with zero attached hydrogens (tertiary/aromatic N) is 1. The van der Waals surface area contributed by atoms with Crippen molar-refractivity contribution in [2.75, 3.05) is 18.1 Å². The van der Waals surface area contributed by atoms with Gasteiger partial charge in [-0.3, -0.25) is 0 Å². The number of β-amino-alcohol motifs (C(OH)–C–C–N with tert-alkyl or cyclic N) is 1. The smallest absolute Gasteiger partial charge is 0.336 e. The van der Waals surface area contributed by atoms with Crippen LogP contribution in [0, 0.1) is 5.82 Å². The van der Waals surface area contributed by atoms with Gasteiger partial charge in [-0.2, -0.15) is 0 Å². The molecule has 0 saturated carbocycles. The zero-order chi connectivity index (χ0) is 18.8. The Bertz CT molecular complexity index is 884. The van der Waals surface area contributed by atoms with Crippen molar-refractivity contribution in [3.8, 4) is 0 Å². The quantitative estimate of drug-likeness (QED) is 0.746. The molecule has 0 spiro atoms. The molecule has 2 aromatic carbocycles. The zero-order valence-corrected chi connectivity index (χ0v) is 14.4. The van der Waals surface area contributed by atoms with Crippen molar-refractivity contribution in [3.63, 3.8) is 0 Å². The highest BCUT2D eigenvalue weighted by Crippen LogP contribution is 2.37. The molecule has 0 aromatic heterocycles. The molecule has 3 N–H and O–H groups in total. The molecule has 26 heavy (non-hydrogen) atoms. The summed E-state index contributed by atoms with van der Waals surface area (Å²) in [6, 6.07) is 9.33. The van der Waals surface area contributed by atoms with Crippen molar-refractivity contribution < 1.29 is 24.5 Å². The van der Waals surface area contributed by atoms with Gasteiger partial charge in [-0.25, -0.2) is 9.18 Å². The third kappa shape index (κ3) is 3.58.